The average Bonchev–Trinajstić information content (AvgIpc) is 2.62. The smallest absolute Gasteiger partial charge is 0.115 e. The number of fused-ring (bicyclic) bond motifs is 2. The van der Waals surface area contributed by atoms with E-state index < -0.39 is 0 Å². The normalized spacial score (nSPS) is 29.5. The largest absolute Gasteiger partial charge is 0.508 e. The fraction of sp³-hybridized carbons (Fsp3) is 0.455. The second-order valence-electron chi connectivity index (χ2n) is 7.55. The predicted octanol–water partition coefficient (Wildman–Crippen LogP) is 4.17. The molecule has 3 heteroatoms. The fourth-order valence-electron chi connectivity index (χ4n) is 5.17. The van der Waals surface area contributed by atoms with E-state index in [9.17, 15) is 5.11 Å². The fourth-order valence-corrected chi connectivity index (χ4v) is 5.17. The van der Waals surface area contributed by atoms with Gasteiger partial charge in [0.05, 0.1) is 0 Å². The Morgan fingerprint density at radius 1 is 1.04 bits per heavy atom. The zero-order chi connectivity index (χ0) is 17.3. The molecule has 2 bridgehead atoms. The first-order chi connectivity index (χ1) is 12.2. The molecule has 4 rings (SSSR count). The molecule has 1 saturated carbocycles. The number of hydrogen-bond donors (Lipinski definition) is 1. The Kier molecular flexibility index (Phi) is 4.53. The van der Waals surface area contributed by atoms with Crippen LogP contribution in [0.1, 0.15) is 30.4 Å². The van der Waals surface area contributed by atoms with Crippen molar-refractivity contribution in [3.8, 4) is 5.75 Å². The topological polar surface area (TPSA) is 32.7 Å². The van der Waals surface area contributed by atoms with Crippen LogP contribution in [0.5, 0.6) is 5.75 Å². The summed E-state index contributed by atoms with van der Waals surface area (Å²) in [4.78, 5) is 2.59. The predicted molar refractivity (Wildman–Crippen MR) is 99.3 cm³/mol. The molecule has 1 aliphatic heterocycles. The van der Waals surface area contributed by atoms with Crippen molar-refractivity contribution in [1.82, 2.24) is 4.90 Å². The Balaban J connectivity index is 1.63. The maximum absolute atomic E-state index is 10.00. The van der Waals surface area contributed by atoms with Gasteiger partial charge in [-0.2, -0.15) is 0 Å². The number of phenolic OH excluding ortho intramolecular Hbond substituents is 1. The highest BCUT2D eigenvalue weighted by atomic mass is 16.5. The van der Waals surface area contributed by atoms with Gasteiger partial charge >= 0.3 is 0 Å². The minimum atomic E-state index is -0.260. The molecular formula is C22H27NO2. The van der Waals surface area contributed by atoms with Crippen molar-refractivity contribution >= 4 is 0 Å². The number of rotatable bonds is 4. The molecule has 0 spiro atoms. The number of likely N-dealkylation sites (tertiary alicyclic amines) is 1. The summed E-state index contributed by atoms with van der Waals surface area (Å²) in [7, 11) is 1.85. The first-order valence-corrected chi connectivity index (χ1v) is 9.33. The minimum Gasteiger partial charge on any atom is -0.508 e. The van der Waals surface area contributed by atoms with Crippen molar-refractivity contribution in [2.75, 3.05) is 20.2 Å². The molecule has 0 amide bonds. The van der Waals surface area contributed by atoms with Crippen LogP contribution in [0.15, 0.2) is 54.6 Å². The SMILES string of the molecule is CO[C@]1(c2cccc(O)c2)[C@@H]2CCC[C@H]1CN(Cc1ccccc1)C2. The second kappa shape index (κ2) is 6.81. The summed E-state index contributed by atoms with van der Waals surface area (Å²) in [5.41, 5.74) is 2.26. The molecule has 25 heavy (non-hydrogen) atoms. The van der Waals surface area contributed by atoms with Gasteiger partial charge in [-0.1, -0.05) is 48.9 Å². The van der Waals surface area contributed by atoms with Crippen molar-refractivity contribution in [2.45, 2.75) is 31.4 Å². The van der Waals surface area contributed by atoms with Crippen LogP contribution >= 0.6 is 0 Å². The highest BCUT2D eigenvalue weighted by molar-refractivity contribution is 5.34. The van der Waals surface area contributed by atoms with Crippen LogP contribution in [0.25, 0.3) is 0 Å². The van der Waals surface area contributed by atoms with Crippen molar-refractivity contribution in [2.24, 2.45) is 11.8 Å². The van der Waals surface area contributed by atoms with E-state index >= 15 is 0 Å². The van der Waals surface area contributed by atoms with Crippen LogP contribution in [0.2, 0.25) is 0 Å². The Morgan fingerprint density at radius 2 is 1.76 bits per heavy atom. The first-order valence-electron chi connectivity index (χ1n) is 9.33. The number of benzene rings is 2. The first kappa shape index (κ1) is 16.6. The molecule has 0 unspecified atom stereocenters. The highest BCUT2D eigenvalue weighted by Gasteiger charge is 2.53. The molecule has 2 aromatic carbocycles. The molecule has 0 aromatic heterocycles. The van der Waals surface area contributed by atoms with Gasteiger partial charge in [0, 0.05) is 38.6 Å². The zero-order valence-corrected chi connectivity index (χ0v) is 14.9. The van der Waals surface area contributed by atoms with Crippen LogP contribution < -0.4 is 0 Å². The van der Waals surface area contributed by atoms with Gasteiger partial charge in [0.15, 0.2) is 0 Å². The number of hydrogen-bond acceptors (Lipinski definition) is 3. The molecule has 0 radical (unpaired) electrons. The molecule has 132 valence electrons. The lowest BCUT2D eigenvalue weighted by Gasteiger charge is -2.55. The van der Waals surface area contributed by atoms with Gasteiger partial charge in [-0.15, -0.1) is 0 Å². The maximum Gasteiger partial charge on any atom is 0.115 e. The highest BCUT2D eigenvalue weighted by Crippen LogP contribution is 2.52. The Morgan fingerprint density at radius 3 is 2.40 bits per heavy atom. The average molecular weight is 337 g/mol. The number of methoxy groups -OCH3 is 1. The molecular weight excluding hydrogens is 310 g/mol. The maximum atomic E-state index is 10.00. The molecule has 1 N–H and O–H groups in total. The third-order valence-electron chi connectivity index (χ3n) is 6.16. The van der Waals surface area contributed by atoms with Crippen molar-refractivity contribution in [3.63, 3.8) is 0 Å². The van der Waals surface area contributed by atoms with Gasteiger partial charge < -0.3 is 9.84 Å². The molecule has 1 heterocycles. The van der Waals surface area contributed by atoms with Crippen LogP contribution in [-0.2, 0) is 16.9 Å². The Bertz CT molecular complexity index is 701. The summed E-state index contributed by atoms with van der Waals surface area (Å²) < 4.78 is 6.25. The summed E-state index contributed by atoms with van der Waals surface area (Å²) in [6.45, 7) is 3.11. The number of piperidine rings is 1. The number of aromatic hydroxyl groups is 1. The van der Waals surface area contributed by atoms with Crippen molar-refractivity contribution in [1.29, 1.82) is 0 Å². The van der Waals surface area contributed by atoms with Crippen molar-refractivity contribution in [3.05, 3.63) is 65.7 Å². The summed E-state index contributed by atoms with van der Waals surface area (Å²) in [6.07, 6.45) is 3.65. The van der Waals surface area contributed by atoms with E-state index in [4.69, 9.17) is 4.74 Å². The van der Waals surface area contributed by atoms with E-state index in [2.05, 4.69) is 41.3 Å². The number of phenols is 1. The van der Waals surface area contributed by atoms with Crippen LogP contribution in [-0.4, -0.2) is 30.2 Å². The molecule has 2 aromatic rings. The molecule has 1 saturated heterocycles. The van der Waals surface area contributed by atoms with E-state index in [-0.39, 0.29) is 5.60 Å². The lowest BCUT2D eigenvalue weighted by atomic mass is 9.62. The van der Waals surface area contributed by atoms with Gasteiger partial charge in [0.25, 0.3) is 0 Å². The Labute approximate surface area is 150 Å². The van der Waals surface area contributed by atoms with E-state index in [1.54, 1.807) is 6.07 Å². The van der Waals surface area contributed by atoms with Gasteiger partial charge in [-0.25, -0.2) is 0 Å². The lowest BCUT2D eigenvalue weighted by molar-refractivity contribution is -0.170. The standard InChI is InChI=1S/C22H27NO2/c1-25-22(18-9-6-12-21(24)13-18)19-10-5-11-20(22)16-23(15-19)14-17-7-3-2-4-8-17/h2-4,6-9,12-13,19-20,24H,5,10-11,14-16H2,1H3/t19-,20+,22-. The quantitative estimate of drug-likeness (QED) is 0.909. The summed E-state index contributed by atoms with van der Waals surface area (Å²) in [5, 5.41) is 10.00. The second-order valence-corrected chi connectivity index (χ2v) is 7.55. The summed E-state index contributed by atoms with van der Waals surface area (Å²) in [6, 6.07) is 18.4. The third-order valence-corrected chi connectivity index (χ3v) is 6.16. The summed E-state index contributed by atoms with van der Waals surface area (Å²) in [5.74, 6) is 1.27. The molecule has 2 fully saturated rings. The van der Waals surface area contributed by atoms with Gasteiger partial charge in [-0.3, -0.25) is 4.90 Å². The Hall–Kier alpha value is -1.84. The molecule has 1 aliphatic carbocycles. The summed E-state index contributed by atoms with van der Waals surface area (Å²) >= 11 is 0. The van der Waals surface area contributed by atoms with Crippen LogP contribution in [0, 0.1) is 11.8 Å². The van der Waals surface area contributed by atoms with Crippen molar-refractivity contribution < 1.29 is 9.84 Å². The molecule has 3 atom stereocenters. The third kappa shape index (κ3) is 2.96. The van der Waals surface area contributed by atoms with Crippen LogP contribution in [0.3, 0.4) is 0 Å². The van der Waals surface area contributed by atoms with Gasteiger partial charge in [0.1, 0.15) is 11.4 Å². The zero-order valence-electron chi connectivity index (χ0n) is 14.9. The number of nitrogens with zero attached hydrogens (tertiary/aromatic N) is 1. The van der Waals surface area contributed by atoms with Gasteiger partial charge in [-0.05, 0) is 36.1 Å². The minimum absolute atomic E-state index is 0.260. The molecule has 3 nitrogen and oxygen atoms in total. The van der Waals surface area contributed by atoms with E-state index in [1.807, 2.05) is 19.2 Å². The van der Waals surface area contributed by atoms with Crippen LogP contribution in [0.4, 0.5) is 0 Å². The molecule has 2 aliphatic rings. The monoisotopic (exact) mass is 337 g/mol. The lowest BCUT2D eigenvalue weighted by Crippen LogP contribution is -2.58. The van der Waals surface area contributed by atoms with E-state index in [0.29, 0.717) is 17.6 Å². The number of ether oxygens (including phenoxy) is 1. The van der Waals surface area contributed by atoms with Gasteiger partial charge in [0.2, 0.25) is 0 Å². The van der Waals surface area contributed by atoms with E-state index in [1.165, 1.54) is 24.8 Å². The van der Waals surface area contributed by atoms with E-state index in [0.717, 1.165) is 25.2 Å².